The number of hydrogen-bond donors (Lipinski definition) is 1. The lowest BCUT2D eigenvalue weighted by atomic mass is 10.0. The van der Waals surface area contributed by atoms with E-state index < -0.39 is 0 Å². The molecule has 19 heavy (non-hydrogen) atoms. The standard InChI is InChI=1S/C15H21N3O/c1-11-8-14(18(2)17-11)10-13(16)9-12-4-6-15(19-3)7-5-12/h4-8,13H,9-10,16H2,1-3H3. The highest BCUT2D eigenvalue weighted by Crippen LogP contribution is 2.13. The summed E-state index contributed by atoms with van der Waals surface area (Å²) in [5, 5.41) is 4.34. The molecule has 1 aromatic heterocycles. The van der Waals surface area contributed by atoms with Gasteiger partial charge in [0.1, 0.15) is 5.75 Å². The molecular weight excluding hydrogens is 238 g/mol. The number of nitrogens with zero attached hydrogens (tertiary/aromatic N) is 2. The van der Waals surface area contributed by atoms with E-state index in [4.69, 9.17) is 10.5 Å². The van der Waals surface area contributed by atoms with Crippen LogP contribution in [0.4, 0.5) is 0 Å². The van der Waals surface area contributed by atoms with E-state index in [9.17, 15) is 0 Å². The molecule has 0 radical (unpaired) electrons. The van der Waals surface area contributed by atoms with Crippen LogP contribution in [0.25, 0.3) is 0 Å². The van der Waals surface area contributed by atoms with Crippen molar-refractivity contribution in [2.75, 3.05) is 7.11 Å². The quantitative estimate of drug-likeness (QED) is 0.891. The lowest BCUT2D eigenvalue weighted by Gasteiger charge is -2.12. The van der Waals surface area contributed by atoms with E-state index in [2.05, 4.69) is 23.3 Å². The third kappa shape index (κ3) is 3.58. The average Bonchev–Trinajstić information content (AvgIpc) is 2.68. The van der Waals surface area contributed by atoms with E-state index in [0.29, 0.717) is 0 Å². The summed E-state index contributed by atoms with van der Waals surface area (Å²) in [5.74, 6) is 0.875. The Kier molecular flexibility index (Phi) is 4.22. The van der Waals surface area contributed by atoms with E-state index in [1.165, 1.54) is 11.3 Å². The number of methoxy groups -OCH3 is 1. The maximum absolute atomic E-state index is 6.21. The Morgan fingerprint density at radius 3 is 2.47 bits per heavy atom. The van der Waals surface area contributed by atoms with Gasteiger partial charge in [-0.2, -0.15) is 5.10 Å². The van der Waals surface area contributed by atoms with Gasteiger partial charge in [0.15, 0.2) is 0 Å². The van der Waals surface area contributed by atoms with Crippen molar-refractivity contribution in [1.82, 2.24) is 9.78 Å². The first kappa shape index (κ1) is 13.6. The Morgan fingerprint density at radius 1 is 1.26 bits per heavy atom. The number of aryl methyl sites for hydroxylation is 2. The topological polar surface area (TPSA) is 53.1 Å². The highest BCUT2D eigenvalue weighted by atomic mass is 16.5. The van der Waals surface area contributed by atoms with Gasteiger partial charge in [-0.25, -0.2) is 0 Å². The van der Waals surface area contributed by atoms with Gasteiger partial charge in [0.2, 0.25) is 0 Å². The summed E-state index contributed by atoms with van der Waals surface area (Å²) in [6.45, 7) is 2.00. The molecule has 0 saturated heterocycles. The van der Waals surface area contributed by atoms with Crippen LogP contribution in [0.15, 0.2) is 30.3 Å². The van der Waals surface area contributed by atoms with Crippen LogP contribution in [0.2, 0.25) is 0 Å². The van der Waals surface area contributed by atoms with Crippen molar-refractivity contribution < 1.29 is 4.74 Å². The molecule has 102 valence electrons. The maximum atomic E-state index is 6.21. The van der Waals surface area contributed by atoms with Gasteiger partial charge in [-0.15, -0.1) is 0 Å². The van der Waals surface area contributed by atoms with E-state index in [1.807, 2.05) is 30.8 Å². The minimum absolute atomic E-state index is 0.100. The molecule has 4 nitrogen and oxygen atoms in total. The van der Waals surface area contributed by atoms with Crippen LogP contribution >= 0.6 is 0 Å². The summed E-state index contributed by atoms with van der Waals surface area (Å²) in [7, 11) is 3.63. The fourth-order valence-electron chi connectivity index (χ4n) is 2.26. The Labute approximate surface area is 114 Å². The van der Waals surface area contributed by atoms with Crippen molar-refractivity contribution in [1.29, 1.82) is 0 Å². The molecule has 4 heteroatoms. The van der Waals surface area contributed by atoms with Crippen LogP contribution in [0.1, 0.15) is 17.0 Å². The van der Waals surface area contributed by atoms with Crippen LogP contribution in [-0.4, -0.2) is 22.9 Å². The molecule has 1 unspecified atom stereocenters. The van der Waals surface area contributed by atoms with Crippen LogP contribution < -0.4 is 10.5 Å². The molecule has 2 aromatic rings. The SMILES string of the molecule is COc1ccc(CC(N)Cc2cc(C)nn2C)cc1. The average molecular weight is 259 g/mol. The Morgan fingerprint density at radius 2 is 1.95 bits per heavy atom. The minimum Gasteiger partial charge on any atom is -0.497 e. The predicted molar refractivity (Wildman–Crippen MR) is 76.3 cm³/mol. The third-order valence-electron chi connectivity index (χ3n) is 3.23. The summed E-state index contributed by atoms with van der Waals surface area (Å²) in [6.07, 6.45) is 1.69. The van der Waals surface area contributed by atoms with Gasteiger partial charge in [0, 0.05) is 25.2 Å². The van der Waals surface area contributed by atoms with Gasteiger partial charge in [-0.3, -0.25) is 4.68 Å². The summed E-state index contributed by atoms with van der Waals surface area (Å²) < 4.78 is 7.05. The fourth-order valence-corrected chi connectivity index (χ4v) is 2.26. The Bertz CT molecular complexity index is 531. The minimum atomic E-state index is 0.100. The van der Waals surface area contributed by atoms with E-state index >= 15 is 0 Å². The van der Waals surface area contributed by atoms with Crippen molar-refractivity contribution >= 4 is 0 Å². The Balaban J connectivity index is 1.96. The molecule has 1 aromatic carbocycles. The second-order valence-electron chi connectivity index (χ2n) is 4.92. The van der Waals surface area contributed by atoms with Gasteiger partial charge >= 0.3 is 0 Å². The smallest absolute Gasteiger partial charge is 0.118 e. The van der Waals surface area contributed by atoms with Crippen molar-refractivity contribution in [3.8, 4) is 5.75 Å². The monoisotopic (exact) mass is 259 g/mol. The molecule has 0 bridgehead atoms. The zero-order valence-corrected chi connectivity index (χ0v) is 11.8. The highest BCUT2D eigenvalue weighted by molar-refractivity contribution is 5.27. The van der Waals surface area contributed by atoms with E-state index in [1.54, 1.807) is 7.11 Å². The highest BCUT2D eigenvalue weighted by Gasteiger charge is 2.09. The second-order valence-corrected chi connectivity index (χ2v) is 4.92. The number of benzene rings is 1. The van der Waals surface area contributed by atoms with Crippen molar-refractivity contribution in [2.24, 2.45) is 12.8 Å². The van der Waals surface area contributed by atoms with Crippen molar-refractivity contribution in [3.05, 3.63) is 47.3 Å². The molecule has 2 rings (SSSR count). The normalized spacial score (nSPS) is 12.4. The van der Waals surface area contributed by atoms with Crippen molar-refractivity contribution in [2.45, 2.75) is 25.8 Å². The van der Waals surface area contributed by atoms with Crippen LogP contribution in [0.3, 0.4) is 0 Å². The number of aromatic nitrogens is 2. The maximum Gasteiger partial charge on any atom is 0.118 e. The zero-order chi connectivity index (χ0) is 13.8. The van der Waals surface area contributed by atoms with Gasteiger partial charge in [0.25, 0.3) is 0 Å². The molecule has 0 amide bonds. The molecular formula is C15H21N3O. The first-order valence-corrected chi connectivity index (χ1v) is 6.46. The fraction of sp³-hybridized carbons (Fsp3) is 0.400. The molecule has 0 aliphatic heterocycles. The molecule has 0 aliphatic rings. The zero-order valence-electron chi connectivity index (χ0n) is 11.8. The summed E-state index contributed by atoms with van der Waals surface area (Å²) in [6, 6.07) is 10.3. The Hall–Kier alpha value is -1.81. The summed E-state index contributed by atoms with van der Waals surface area (Å²) >= 11 is 0. The third-order valence-corrected chi connectivity index (χ3v) is 3.23. The number of nitrogens with two attached hydrogens (primary N) is 1. The second kappa shape index (κ2) is 5.89. The number of rotatable bonds is 5. The van der Waals surface area contributed by atoms with Crippen LogP contribution in [-0.2, 0) is 19.9 Å². The first-order chi connectivity index (χ1) is 9.08. The van der Waals surface area contributed by atoms with Crippen LogP contribution in [0.5, 0.6) is 5.75 Å². The first-order valence-electron chi connectivity index (χ1n) is 6.46. The molecule has 0 fully saturated rings. The van der Waals surface area contributed by atoms with E-state index in [-0.39, 0.29) is 6.04 Å². The predicted octanol–water partition coefficient (Wildman–Crippen LogP) is 1.85. The number of hydrogen-bond acceptors (Lipinski definition) is 3. The molecule has 2 N–H and O–H groups in total. The lowest BCUT2D eigenvalue weighted by Crippen LogP contribution is -2.26. The van der Waals surface area contributed by atoms with Gasteiger partial charge in [-0.05, 0) is 37.1 Å². The van der Waals surface area contributed by atoms with Gasteiger partial charge < -0.3 is 10.5 Å². The molecule has 0 spiro atoms. The van der Waals surface area contributed by atoms with Crippen LogP contribution in [0, 0.1) is 6.92 Å². The summed E-state index contributed by atoms with van der Waals surface area (Å²) in [4.78, 5) is 0. The number of ether oxygens (including phenoxy) is 1. The molecule has 0 saturated carbocycles. The summed E-state index contributed by atoms with van der Waals surface area (Å²) in [5.41, 5.74) is 9.66. The molecule has 1 atom stereocenters. The van der Waals surface area contributed by atoms with E-state index in [0.717, 1.165) is 24.3 Å². The largest absolute Gasteiger partial charge is 0.497 e. The molecule has 0 aliphatic carbocycles. The molecule has 1 heterocycles. The van der Waals surface area contributed by atoms with Gasteiger partial charge in [-0.1, -0.05) is 12.1 Å². The van der Waals surface area contributed by atoms with Gasteiger partial charge in [0.05, 0.1) is 12.8 Å². The lowest BCUT2D eigenvalue weighted by molar-refractivity contribution is 0.414. The van der Waals surface area contributed by atoms with Crippen molar-refractivity contribution in [3.63, 3.8) is 0 Å².